The van der Waals surface area contributed by atoms with Gasteiger partial charge in [-0.2, -0.15) is 0 Å². The Morgan fingerprint density at radius 1 is 1.33 bits per heavy atom. The number of rotatable bonds is 6. The van der Waals surface area contributed by atoms with Crippen molar-refractivity contribution < 1.29 is 8.42 Å². The lowest BCUT2D eigenvalue weighted by molar-refractivity contribution is 0.527. The van der Waals surface area contributed by atoms with Gasteiger partial charge >= 0.3 is 0 Å². The van der Waals surface area contributed by atoms with Crippen LogP contribution in [0.5, 0.6) is 0 Å². The van der Waals surface area contributed by atoms with Crippen LogP contribution in [0.25, 0.3) is 0 Å². The van der Waals surface area contributed by atoms with Gasteiger partial charge in [0.15, 0.2) is 0 Å². The van der Waals surface area contributed by atoms with E-state index in [1.54, 1.807) is 0 Å². The summed E-state index contributed by atoms with van der Waals surface area (Å²) in [5.74, 6) is 0. The molecule has 0 bridgehead atoms. The van der Waals surface area contributed by atoms with Crippen LogP contribution in [0.1, 0.15) is 19.8 Å². The second kappa shape index (κ2) is 6.73. The summed E-state index contributed by atoms with van der Waals surface area (Å²) in [6.45, 7) is 2.23. The minimum absolute atomic E-state index is 0.0893. The van der Waals surface area contributed by atoms with Crippen molar-refractivity contribution in [2.75, 3.05) is 6.54 Å². The summed E-state index contributed by atoms with van der Waals surface area (Å²) < 4.78 is 26.7. The zero-order valence-electron chi connectivity index (χ0n) is 9.99. The second-order valence-corrected chi connectivity index (χ2v) is 6.45. The third kappa shape index (κ3) is 4.10. The highest BCUT2D eigenvalue weighted by Gasteiger charge is 2.19. The molecule has 3 N–H and O–H groups in total. The Bertz CT molecular complexity index is 506. The van der Waals surface area contributed by atoms with Crippen molar-refractivity contribution in [2.24, 2.45) is 5.73 Å². The maximum Gasteiger partial charge on any atom is 0.240 e. The molecule has 7 heteroatoms. The lowest BCUT2D eigenvalue weighted by atomic mass is 10.2. The number of sulfonamides is 1. The molecule has 1 unspecified atom stereocenters. The Hall–Kier alpha value is -0.330. The van der Waals surface area contributed by atoms with E-state index in [9.17, 15) is 8.42 Å². The largest absolute Gasteiger partial charge is 0.329 e. The van der Waals surface area contributed by atoms with Crippen LogP contribution in [0.3, 0.4) is 0 Å². The van der Waals surface area contributed by atoms with E-state index in [0.29, 0.717) is 11.4 Å². The normalized spacial score (nSPS) is 13.6. The van der Waals surface area contributed by atoms with Crippen molar-refractivity contribution in [3.8, 4) is 0 Å². The molecule has 0 spiro atoms. The third-order valence-corrected chi connectivity index (χ3v) is 4.70. The molecule has 0 saturated carbocycles. The van der Waals surface area contributed by atoms with Crippen LogP contribution in [0.15, 0.2) is 23.1 Å². The monoisotopic (exact) mass is 310 g/mol. The summed E-state index contributed by atoms with van der Waals surface area (Å²) >= 11 is 11.5. The van der Waals surface area contributed by atoms with Gasteiger partial charge in [-0.05, 0) is 24.6 Å². The number of hydrogen-bond donors (Lipinski definition) is 2. The van der Waals surface area contributed by atoms with E-state index < -0.39 is 10.0 Å². The van der Waals surface area contributed by atoms with Crippen LogP contribution in [-0.2, 0) is 10.0 Å². The van der Waals surface area contributed by atoms with Gasteiger partial charge in [-0.1, -0.05) is 36.5 Å². The van der Waals surface area contributed by atoms with E-state index in [1.807, 2.05) is 6.92 Å². The smallest absolute Gasteiger partial charge is 0.240 e. The first-order chi connectivity index (χ1) is 8.40. The van der Waals surface area contributed by atoms with Gasteiger partial charge in [-0.25, -0.2) is 13.1 Å². The van der Waals surface area contributed by atoms with Gasteiger partial charge in [0.25, 0.3) is 0 Å². The lowest BCUT2D eigenvalue weighted by Crippen LogP contribution is -2.39. The summed E-state index contributed by atoms with van der Waals surface area (Å²) in [6, 6.07) is 3.92. The first-order valence-corrected chi connectivity index (χ1v) is 7.82. The highest BCUT2D eigenvalue weighted by Crippen LogP contribution is 2.24. The van der Waals surface area contributed by atoms with E-state index in [4.69, 9.17) is 28.9 Å². The Morgan fingerprint density at radius 2 is 2.00 bits per heavy atom. The Labute approximate surface area is 118 Å². The molecule has 0 amide bonds. The first-order valence-electron chi connectivity index (χ1n) is 5.58. The molecule has 0 saturated heterocycles. The fourth-order valence-corrected chi connectivity index (χ4v) is 3.18. The van der Waals surface area contributed by atoms with Crippen LogP contribution in [0.2, 0.25) is 10.0 Å². The summed E-state index contributed by atoms with van der Waals surface area (Å²) in [7, 11) is -3.61. The van der Waals surface area contributed by atoms with Crippen molar-refractivity contribution in [3.63, 3.8) is 0 Å². The van der Waals surface area contributed by atoms with Crippen LogP contribution >= 0.6 is 23.2 Å². The number of nitrogens with two attached hydrogens (primary N) is 1. The van der Waals surface area contributed by atoms with E-state index in [-0.39, 0.29) is 22.5 Å². The molecule has 0 fully saturated rings. The molecule has 0 aliphatic heterocycles. The maximum atomic E-state index is 12.1. The van der Waals surface area contributed by atoms with E-state index >= 15 is 0 Å². The predicted octanol–water partition coefficient (Wildman–Crippen LogP) is 2.40. The average molecular weight is 311 g/mol. The summed E-state index contributed by atoms with van der Waals surface area (Å²) in [4.78, 5) is 0.0893. The molecule has 0 aliphatic carbocycles. The second-order valence-electron chi connectivity index (χ2n) is 3.92. The summed E-state index contributed by atoms with van der Waals surface area (Å²) in [5, 5.41) is 0.527. The molecule has 1 rings (SSSR count). The lowest BCUT2D eigenvalue weighted by Gasteiger charge is -2.16. The summed E-state index contributed by atoms with van der Waals surface area (Å²) in [6.07, 6.45) is 1.54. The van der Waals surface area contributed by atoms with Crippen molar-refractivity contribution >= 4 is 33.2 Å². The topological polar surface area (TPSA) is 72.2 Å². The minimum Gasteiger partial charge on any atom is -0.329 e. The van der Waals surface area contributed by atoms with E-state index in [1.165, 1.54) is 18.2 Å². The van der Waals surface area contributed by atoms with Gasteiger partial charge in [-0.15, -0.1) is 0 Å². The van der Waals surface area contributed by atoms with Gasteiger partial charge < -0.3 is 5.73 Å². The number of benzene rings is 1. The molecule has 0 heterocycles. The fraction of sp³-hybridized carbons (Fsp3) is 0.455. The maximum absolute atomic E-state index is 12.1. The molecule has 1 aromatic carbocycles. The molecule has 0 aromatic heterocycles. The fourth-order valence-electron chi connectivity index (χ4n) is 1.50. The molecule has 0 aliphatic rings. The third-order valence-electron chi connectivity index (χ3n) is 2.44. The average Bonchev–Trinajstić information content (AvgIpc) is 2.31. The highest BCUT2D eigenvalue weighted by atomic mass is 35.5. The molecular formula is C11H16Cl2N2O2S. The van der Waals surface area contributed by atoms with Crippen LogP contribution in [-0.4, -0.2) is 21.0 Å². The highest BCUT2D eigenvalue weighted by molar-refractivity contribution is 7.89. The zero-order chi connectivity index (χ0) is 13.8. The van der Waals surface area contributed by atoms with Crippen LogP contribution in [0, 0.1) is 0 Å². The number of nitrogens with one attached hydrogen (secondary N) is 1. The minimum atomic E-state index is -3.61. The molecular weight excluding hydrogens is 295 g/mol. The van der Waals surface area contributed by atoms with Gasteiger partial charge in [-0.3, -0.25) is 0 Å². The number of hydrogen-bond acceptors (Lipinski definition) is 3. The number of halogens is 2. The molecule has 1 atom stereocenters. The van der Waals surface area contributed by atoms with Gasteiger partial charge in [0.1, 0.15) is 0 Å². The van der Waals surface area contributed by atoms with Crippen molar-refractivity contribution in [3.05, 3.63) is 28.2 Å². The Morgan fingerprint density at radius 3 is 2.50 bits per heavy atom. The standard InChI is InChI=1S/C11H16Cl2N2O2S/c1-2-3-8(7-14)15-18(16,17)9-4-5-10(12)11(13)6-9/h4-6,8,15H,2-3,7,14H2,1H3. The molecule has 0 radical (unpaired) electrons. The molecule has 4 nitrogen and oxygen atoms in total. The van der Waals surface area contributed by atoms with Crippen LogP contribution in [0.4, 0.5) is 0 Å². The quantitative estimate of drug-likeness (QED) is 0.847. The molecule has 18 heavy (non-hydrogen) atoms. The Kier molecular flexibility index (Phi) is 5.88. The SMILES string of the molecule is CCCC(CN)NS(=O)(=O)c1ccc(Cl)c(Cl)c1. The van der Waals surface area contributed by atoms with Crippen LogP contribution < -0.4 is 10.5 Å². The van der Waals surface area contributed by atoms with Crippen molar-refractivity contribution in [1.29, 1.82) is 0 Å². The zero-order valence-corrected chi connectivity index (χ0v) is 12.3. The van der Waals surface area contributed by atoms with Gasteiger partial charge in [0.2, 0.25) is 10.0 Å². The Balaban J connectivity index is 2.95. The van der Waals surface area contributed by atoms with Gasteiger partial charge in [0, 0.05) is 12.6 Å². The van der Waals surface area contributed by atoms with Gasteiger partial charge in [0.05, 0.1) is 14.9 Å². The summed E-state index contributed by atoms with van der Waals surface area (Å²) in [5.41, 5.74) is 5.52. The predicted molar refractivity (Wildman–Crippen MR) is 74.5 cm³/mol. The van der Waals surface area contributed by atoms with Crippen molar-refractivity contribution in [1.82, 2.24) is 4.72 Å². The van der Waals surface area contributed by atoms with E-state index in [0.717, 1.165) is 6.42 Å². The molecule has 102 valence electrons. The van der Waals surface area contributed by atoms with Crippen molar-refractivity contribution in [2.45, 2.75) is 30.7 Å². The van der Waals surface area contributed by atoms with E-state index in [2.05, 4.69) is 4.72 Å². The first kappa shape index (κ1) is 15.7. The molecule has 1 aromatic rings.